The van der Waals surface area contributed by atoms with E-state index < -0.39 is 0 Å². The van der Waals surface area contributed by atoms with Gasteiger partial charge in [-0.2, -0.15) is 0 Å². The summed E-state index contributed by atoms with van der Waals surface area (Å²) in [5.41, 5.74) is 0.336. The zero-order chi connectivity index (χ0) is 17.6. The third kappa shape index (κ3) is 4.51. The minimum atomic E-state index is -0.312. The predicted molar refractivity (Wildman–Crippen MR) is 89.4 cm³/mol. The molecule has 7 heteroatoms. The SMILES string of the molecule is CCN(CC)C(=O)CN(C)C(=O)c1cc(Cl)c(OC)c(OC)c1. The molecule has 0 bridgehead atoms. The molecule has 6 nitrogen and oxygen atoms in total. The summed E-state index contributed by atoms with van der Waals surface area (Å²) in [5.74, 6) is 0.324. The second-order valence-electron chi connectivity index (χ2n) is 4.92. The Bertz CT molecular complexity index is 573. The van der Waals surface area contributed by atoms with Gasteiger partial charge >= 0.3 is 0 Å². The van der Waals surface area contributed by atoms with Crippen molar-refractivity contribution >= 4 is 23.4 Å². The van der Waals surface area contributed by atoms with Crippen LogP contribution in [0.3, 0.4) is 0 Å². The molecule has 0 aliphatic carbocycles. The van der Waals surface area contributed by atoms with Gasteiger partial charge in [-0.3, -0.25) is 9.59 Å². The van der Waals surface area contributed by atoms with Gasteiger partial charge in [0.2, 0.25) is 5.91 Å². The lowest BCUT2D eigenvalue weighted by Gasteiger charge is -2.23. The maximum Gasteiger partial charge on any atom is 0.254 e. The number of halogens is 1. The summed E-state index contributed by atoms with van der Waals surface area (Å²) < 4.78 is 10.3. The van der Waals surface area contributed by atoms with Crippen LogP contribution < -0.4 is 9.47 Å². The molecule has 0 unspecified atom stereocenters. The molecular formula is C16H23ClN2O4. The quantitative estimate of drug-likeness (QED) is 0.763. The average molecular weight is 343 g/mol. The Labute approximate surface area is 141 Å². The number of amides is 2. The Morgan fingerprint density at radius 2 is 1.74 bits per heavy atom. The molecule has 128 valence electrons. The summed E-state index contributed by atoms with van der Waals surface area (Å²) >= 11 is 6.11. The number of benzene rings is 1. The summed E-state index contributed by atoms with van der Waals surface area (Å²) in [6.07, 6.45) is 0. The van der Waals surface area contributed by atoms with Crippen LogP contribution >= 0.6 is 11.6 Å². The highest BCUT2D eigenvalue weighted by Crippen LogP contribution is 2.36. The van der Waals surface area contributed by atoms with Crippen LogP contribution in [0.4, 0.5) is 0 Å². The van der Waals surface area contributed by atoms with Gasteiger partial charge in [0.1, 0.15) is 0 Å². The highest BCUT2D eigenvalue weighted by Gasteiger charge is 2.20. The molecule has 1 aromatic rings. The first-order valence-electron chi connectivity index (χ1n) is 7.34. The van der Waals surface area contributed by atoms with E-state index in [4.69, 9.17) is 21.1 Å². The van der Waals surface area contributed by atoms with Gasteiger partial charge in [0.25, 0.3) is 5.91 Å². The first kappa shape index (κ1) is 19.1. The molecule has 0 heterocycles. The molecule has 0 radical (unpaired) electrons. The minimum Gasteiger partial charge on any atom is -0.493 e. The van der Waals surface area contributed by atoms with Crippen LogP contribution in [0.2, 0.25) is 5.02 Å². The summed E-state index contributed by atoms with van der Waals surface area (Å²) in [5, 5.41) is 0.277. The van der Waals surface area contributed by atoms with Crippen molar-refractivity contribution in [3.63, 3.8) is 0 Å². The Morgan fingerprint density at radius 1 is 1.13 bits per heavy atom. The third-order valence-electron chi connectivity index (χ3n) is 3.52. The standard InChI is InChI=1S/C16H23ClN2O4/c1-6-19(7-2)14(20)10-18(3)16(21)11-8-12(17)15(23-5)13(9-11)22-4/h8-9H,6-7,10H2,1-5H3. The normalized spacial score (nSPS) is 10.2. The number of carbonyl (C=O) groups excluding carboxylic acids is 2. The third-order valence-corrected chi connectivity index (χ3v) is 3.80. The molecule has 0 saturated carbocycles. The highest BCUT2D eigenvalue weighted by atomic mass is 35.5. The monoisotopic (exact) mass is 342 g/mol. The lowest BCUT2D eigenvalue weighted by Crippen LogP contribution is -2.41. The summed E-state index contributed by atoms with van der Waals surface area (Å²) in [6, 6.07) is 3.05. The Balaban J connectivity index is 2.96. The molecule has 0 spiro atoms. The molecule has 0 aromatic heterocycles. The van der Waals surface area contributed by atoms with E-state index in [-0.39, 0.29) is 23.4 Å². The number of rotatable bonds is 7. The van der Waals surface area contributed by atoms with Crippen LogP contribution in [0, 0.1) is 0 Å². The zero-order valence-electron chi connectivity index (χ0n) is 14.2. The summed E-state index contributed by atoms with van der Waals surface area (Å²) in [6.45, 7) is 5.03. The van der Waals surface area contributed by atoms with Crippen molar-refractivity contribution < 1.29 is 19.1 Å². The molecule has 1 rings (SSSR count). The molecule has 0 saturated heterocycles. The first-order valence-corrected chi connectivity index (χ1v) is 7.72. The summed E-state index contributed by atoms with van der Waals surface area (Å²) in [4.78, 5) is 27.6. The number of likely N-dealkylation sites (N-methyl/N-ethyl adjacent to an activating group) is 2. The van der Waals surface area contributed by atoms with E-state index in [1.807, 2.05) is 13.8 Å². The number of hydrogen-bond acceptors (Lipinski definition) is 4. The Morgan fingerprint density at radius 3 is 2.22 bits per heavy atom. The molecule has 23 heavy (non-hydrogen) atoms. The lowest BCUT2D eigenvalue weighted by molar-refractivity contribution is -0.131. The fourth-order valence-electron chi connectivity index (χ4n) is 2.21. The van der Waals surface area contributed by atoms with E-state index in [9.17, 15) is 9.59 Å². The van der Waals surface area contributed by atoms with Crippen molar-refractivity contribution in [3.8, 4) is 11.5 Å². The number of hydrogen-bond donors (Lipinski definition) is 0. The van der Waals surface area contributed by atoms with Gasteiger partial charge < -0.3 is 19.3 Å². The van der Waals surface area contributed by atoms with Crippen molar-refractivity contribution in [1.82, 2.24) is 9.80 Å². The van der Waals surface area contributed by atoms with Crippen molar-refractivity contribution in [3.05, 3.63) is 22.7 Å². The minimum absolute atomic E-state index is 0.00643. The highest BCUT2D eigenvalue weighted by molar-refractivity contribution is 6.32. The predicted octanol–water partition coefficient (Wildman–Crippen LogP) is 2.30. The molecule has 0 aliphatic heterocycles. The van der Waals surface area contributed by atoms with Gasteiger partial charge in [-0.05, 0) is 26.0 Å². The van der Waals surface area contributed by atoms with Crippen LogP contribution in [0.1, 0.15) is 24.2 Å². The van der Waals surface area contributed by atoms with E-state index in [1.54, 1.807) is 18.0 Å². The summed E-state index contributed by atoms with van der Waals surface area (Å²) in [7, 11) is 4.52. The van der Waals surface area contributed by atoms with Gasteiger partial charge in [-0.25, -0.2) is 0 Å². The van der Waals surface area contributed by atoms with E-state index in [1.165, 1.54) is 25.2 Å². The van der Waals surface area contributed by atoms with Crippen molar-refractivity contribution in [1.29, 1.82) is 0 Å². The second kappa shape index (κ2) is 8.62. The molecule has 2 amide bonds. The number of carbonyl (C=O) groups is 2. The van der Waals surface area contributed by atoms with Crippen LogP contribution in [-0.2, 0) is 4.79 Å². The largest absolute Gasteiger partial charge is 0.493 e. The van der Waals surface area contributed by atoms with Crippen molar-refractivity contribution in [2.24, 2.45) is 0 Å². The molecular weight excluding hydrogens is 320 g/mol. The molecule has 1 aromatic carbocycles. The maximum absolute atomic E-state index is 12.5. The van der Waals surface area contributed by atoms with Gasteiger partial charge in [-0.15, -0.1) is 0 Å². The van der Waals surface area contributed by atoms with Crippen LogP contribution in [0.25, 0.3) is 0 Å². The second-order valence-corrected chi connectivity index (χ2v) is 5.33. The number of methoxy groups -OCH3 is 2. The van der Waals surface area contributed by atoms with Gasteiger partial charge in [-0.1, -0.05) is 11.6 Å². The van der Waals surface area contributed by atoms with Crippen LogP contribution in [0.5, 0.6) is 11.5 Å². The lowest BCUT2D eigenvalue weighted by atomic mass is 10.1. The molecule has 0 aliphatic rings. The van der Waals surface area contributed by atoms with Gasteiger partial charge in [0.15, 0.2) is 11.5 Å². The number of ether oxygens (including phenoxy) is 2. The van der Waals surface area contributed by atoms with Crippen molar-refractivity contribution in [2.75, 3.05) is 40.9 Å². The molecule has 0 atom stereocenters. The number of nitrogens with zero attached hydrogens (tertiary/aromatic N) is 2. The fourth-order valence-corrected chi connectivity index (χ4v) is 2.50. The van der Waals surface area contributed by atoms with E-state index in [0.717, 1.165) is 0 Å². The van der Waals surface area contributed by atoms with E-state index >= 15 is 0 Å². The molecule has 0 N–H and O–H groups in total. The van der Waals surface area contributed by atoms with Crippen LogP contribution in [0.15, 0.2) is 12.1 Å². The Hall–Kier alpha value is -1.95. The van der Waals surface area contributed by atoms with Gasteiger partial charge in [0.05, 0.1) is 25.8 Å². The Kier molecular flexibility index (Phi) is 7.16. The smallest absolute Gasteiger partial charge is 0.254 e. The van der Waals surface area contributed by atoms with Gasteiger partial charge in [0, 0.05) is 25.7 Å². The fraction of sp³-hybridized carbons (Fsp3) is 0.500. The average Bonchev–Trinajstić information content (AvgIpc) is 2.54. The van der Waals surface area contributed by atoms with Crippen molar-refractivity contribution in [2.45, 2.75) is 13.8 Å². The van der Waals surface area contributed by atoms with E-state index in [0.29, 0.717) is 30.2 Å². The zero-order valence-corrected chi connectivity index (χ0v) is 14.9. The van der Waals surface area contributed by atoms with E-state index in [2.05, 4.69) is 0 Å². The first-order chi connectivity index (χ1) is 10.9. The molecule has 0 fully saturated rings. The van der Waals surface area contributed by atoms with Crippen LogP contribution in [-0.4, -0.2) is 62.5 Å². The topological polar surface area (TPSA) is 59.1 Å². The maximum atomic E-state index is 12.5.